The molecule has 0 aromatic heterocycles. The maximum atomic E-state index is 13.0. The molecule has 2 rings (SSSR count). The number of nitrogens with one attached hydrogen (secondary N) is 1. The number of benzene rings is 2. The molecule has 0 atom stereocenters. The molecule has 2 nitrogen and oxygen atoms in total. The van der Waals surface area contributed by atoms with Crippen molar-refractivity contribution >= 4 is 11.6 Å². The fourth-order valence-electron chi connectivity index (χ4n) is 1.87. The van der Waals surface area contributed by atoms with Crippen LogP contribution in [-0.4, -0.2) is 5.54 Å². The second-order valence-electron chi connectivity index (χ2n) is 6.27. The highest BCUT2D eigenvalue weighted by molar-refractivity contribution is 6.31. The van der Waals surface area contributed by atoms with E-state index in [1.165, 1.54) is 17.7 Å². The molecule has 0 fully saturated rings. The molecule has 22 heavy (non-hydrogen) atoms. The van der Waals surface area contributed by atoms with Gasteiger partial charge in [-0.1, -0.05) is 29.8 Å². The van der Waals surface area contributed by atoms with Crippen molar-refractivity contribution in [2.75, 3.05) is 0 Å². The predicted molar refractivity (Wildman–Crippen MR) is 88.8 cm³/mol. The number of hydrogen-bond acceptors (Lipinski definition) is 2. The zero-order chi connectivity index (χ0) is 16.2. The lowest BCUT2D eigenvalue weighted by Crippen LogP contribution is -2.34. The van der Waals surface area contributed by atoms with E-state index in [1.54, 1.807) is 6.07 Å². The van der Waals surface area contributed by atoms with Crippen LogP contribution in [0.15, 0.2) is 42.5 Å². The topological polar surface area (TPSA) is 21.3 Å². The zero-order valence-corrected chi connectivity index (χ0v) is 13.9. The molecule has 0 aliphatic carbocycles. The normalized spacial score (nSPS) is 11.5. The summed E-state index contributed by atoms with van der Waals surface area (Å²) in [4.78, 5) is 0. The summed E-state index contributed by atoms with van der Waals surface area (Å²) < 4.78 is 18.7. The van der Waals surface area contributed by atoms with E-state index in [1.807, 2.05) is 24.3 Å². The number of rotatable bonds is 5. The van der Waals surface area contributed by atoms with Crippen LogP contribution in [0.2, 0.25) is 5.02 Å². The molecule has 1 N–H and O–H groups in total. The van der Waals surface area contributed by atoms with Gasteiger partial charge in [-0.15, -0.1) is 0 Å². The van der Waals surface area contributed by atoms with Gasteiger partial charge in [-0.05, 0) is 50.6 Å². The van der Waals surface area contributed by atoms with Crippen LogP contribution in [0, 0.1) is 5.82 Å². The van der Waals surface area contributed by atoms with Crippen LogP contribution in [0.25, 0.3) is 0 Å². The number of ether oxygens (including phenoxy) is 1. The Hall–Kier alpha value is -1.58. The lowest BCUT2D eigenvalue weighted by Gasteiger charge is -2.20. The highest BCUT2D eigenvalue weighted by Crippen LogP contribution is 2.20. The van der Waals surface area contributed by atoms with Crippen LogP contribution in [-0.2, 0) is 13.2 Å². The van der Waals surface area contributed by atoms with Gasteiger partial charge in [0.25, 0.3) is 0 Å². The van der Waals surface area contributed by atoms with Crippen LogP contribution >= 0.6 is 11.6 Å². The van der Waals surface area contributed by atoms with Gasteiger partial charge in [0, 0.05) is 17.6 Å². The van der Waals surface area contributed by atoms with Crippen molar-refractivity contribution in [3.8, 4) is 5.75 Å². The van der Waals surface area contributed by atoms with E-state index in [-0.39, 0.29) is 11.4 Å². The maximum Gasteiger partial charge on any atom is 0.124 e. The average molecular weight is 322 g/mol. The molecule has 0 radical (unpaired) electrons. The molecule has 2 aromatic rings. The van der Waals surface area contributed by atoms with Gasteiger partial charge in [-0.2, -0.15) is 0 Å². The SMILES string of the molecule is CC(C)(C)NCc1ccc(OCc2ccc(F)cc2Cl)cc1. The molecule has 4 heteroatoms. The van der Waals surface area contributed by atoms with Gasteiger partial charge in [-0.3, -0.25) is 0 Å². The third-order valence-electron chi connectivity index (χ3n) is 3.16. The van der Waals surface area contributed by atoms with Gasteiger partial charge >= 0.3 is 0 Å². The lowest BCUT2D eigenvalue weighted by atomic mass is 10.1. The Kier molecular flexibility index (Phi) is 5.43. The summed E-state index contributed by atoms with van der Waals surface area (Å²) in [5.74, 6) is 0.421. The molecule has 0 aliphatic heterocycles. The quantitative estimate of drug-likeness (QED) is 0.841. The van der Waals surface area contributed by atoms with Gasteiger partial charge in [-0.25, -0.2) is 4.39 Å². The van der Waals surface area contributed by atoms with Gasteiger partial charge in [0.15, 0.2) is 0 Å². The Labute approximate surface area is 136 Å². The summed E-state index contributed by atoms with van der Waals surface area (Å²) in [7, 11) is 0. The van der Waals surface area contributed by atoms with E-state index in [2.05, 4.69) is 26.1 Å². The van der Waals surface area contributed by atoms with E-state index in [0.29, 0.717) is 11.6 Å². The molecule has 0 spiro atoms. The van der Waals surface area contributed by atoms with Crippen molar-refractivity contribution in [1.29, 1.82) is 0 Å². The molecular weight excluding hydrogens is 301 g/mol. The largest absolute Gasteiger partial charge is 0.489 e. The van der Waals surface area contributed by atoms with Crippen molar-refractivity contribution in [3.05, 3.63) is 64.4 Å². The standard InChI is InChI=1S/C18H21ClFNO/c1-18(2,3)21-11-13-4-8-16(9-5-13)22-12-14-6-7-15(20)10-17(14)19/h4-10,21H,11-12H2,1-3H3. The number of hydrogen-bond donors (Lipinski definition) is 1. The maximum absolute atomic E-state index is 13.0. The number of halogens is 2. The Morgan fingerprint density at radius 2 is 1.77 bits per heavy atom. The first-order valence-corrected chi connectivity index (χ1v) is 7.62. The molecule has 0 heterocycles. The molecule has 0 bridgehead atoms. The molecule has 0 amide bonds. The summed E-state index contributed by atoms with van der Waals surface area (Å²) in [6.07, 6.45) is 0. The summed E-state index contributed by atoms with van der Waals surface area (Å²) in [5.41, 5.74) is 2.05. The predicted octanol–water partition coefficient (Wildman–Crippen LogP) is 4.95. The minimum absolute atomic E-state index is 0.0918. The van der Waals surface area contributed by atoms with E-state index in [4.69, 9.17) is 16.3 Å². The van der Waals surface area contributed by atoms with E-state index in [0.717, 1.165) is 17.9 Å². The van der Waals surface area contributed by atoms with Crippen LogP contribution in [0.5, 0.6) is 5.75 Å². The smallest absolute Gasteiger partial charge is 0.124 e. The van der Waals surface area contributed by atoms with E-state index >= 15 is 0 Å². The van der Waals surface area contributed by atoms with E-state index < -0.39 is 0 Å². The monoisotopic (exact) mass is 321 g/mol. The first-order valence-electron chi connectivity index (χ1n) is 7.24. The molecule has 2 aromatic carbocycles. The van der Waals surface area contributed by atoms with Gasteiger partial charge in [0.05, 0.1) is 5.02 Å². The minimum Gasteiger partial charge on any atom is -0.489 e. The molecule has 0 aliphatic rings. The highest BCUT2D eigenvalue weighted by atomic mass is 35.5. The van der Waals surface area contributed by atoms with Gasteiger partial charge in [0.1, 0.15) is 18.2 Å². The molecule has 0 saturated carbocycles. The minimum atomic E-state index is -0.343. The second-order valence-corrected chi connectivity index (χ2v) is 6.68. The summed E-state index contributed by atoms with van der Waals surface area (Å²) in [6.45, 7) is 7.54. The Bertz CT molecular complexity index is 620. The van der Waals surface area contributed by atoms with Gasteiger partial charge < -0.3 is 10.1 Å². The average Bonchev–Trinajstić information content (AvgIpc) is 2.44. The third kappa shape index (κ3) is 5.32. The van der Waals surface area contributed by atoms with Crippen molar-refractivity contribution < 1.29 is 9.13 Å². The zero-order valence-electron chi connectivity index (χ0n) is 13.1. The third-order valence-corrected chi connectivity index (χ3v) is 3.51. The van der Waals surface area contributed by atoms with Crippen molar-refractivity contribution in [3.63, 3.8) is 0 Å². The van der Waals surface area contributed by atoms with Crippen LogP contribution in [0.3, 0.4) is 0 Å². The summed E-state index contributed by atoms with van der Waals surface area (Å²) >= 11 is 5.98. The van der Waals surface area contributed by atoms with Crippen LogP contribution in [0.1, 0.15) is 31.9 Å². The lowest BCUT2D eigenvalue weighted by molar-refractivity contribution is 0.306. The van der Waals surface area contributed by atoms with Gasteiger partial charge in [0.2, 0.25) is 0 Å². The van der Waals surface area contributed by atoms with E-state index in [9.17, 15) is 4.39 Å². The fraction of sp³-hybridized carbons (Fsp3) is 0.333. The fourth-order valence-corrected chi connectivity index (χ4v) is 2.09. The Balaban J connectivity index is 1.91. The van der Waals surface area contributed by atoms with Crippen molar-refractivity contribution in [1.82, 2.24) is 5.32 Å². The summed E-state index contributed by atoms with van der Waals surface area (Å²) in [5, 5.41) is 3.81. The Morgan fingerprint density at radius 1 is 1.09 bits per heavy atom. The first kappa shape index (κ1) is 16.8. The molecule has 118 valence electrons. The Morgan fingerprint density at radius 3 is 2.36 bits per heavy atom. The second kappa shape index (κ2) is 7.12. The highest BCUT2D eigenvalue weighted by Gasteiger charge is 2.08. The molecular formula is C18H21ClFNO. The van der Waals surface area contributed by atoms with Crippen LogP contribution in [0.4, 0.5) is 4.39 Å². The van der Waals surface area contributed by atoms with Crippen LogP contribution < -0.4 is 10.1 Å². The first-order chi connectivity index (χ1) is 10.3. The molecule has 0 unspecified atom stereocenters. The molecule has 0 saturated heterocycles. The summed E-state index contributed by atoms with van der Waals surface area (Å²) in [6, 6.07) is 12.2. The van der Waals surface area contributed by atoms with Crippen molar-refractivity contribution in [2.24, 2.45) is 0 Å². The van der Waals surface area contributed by atoms with Crippen molar-refractivity contribution in [2.45, 2.75) is 39.5 Å².